The highest BCUT2D eigenvalue weighted by Gasteiger charge is 2.27. The first-order chi connectivity index (χ1) is 17.2. The average molecular weight is 542 g/mol. The molecule has 0 unspecified atom stereocenters. The Bertz CT molecular complexity index is 916. The maximum absolute atomic E-state index is 4.37. The highest BCUT2D eigenvalue weighted by Crippen LogP contribution is 2.28. The zero-order valence-electron chi connectivity index (χ0n) is 28.5. The molecule has 0 bridgehead atoms. The van der Waals surface area contributed by atoms with Crippen LogP contribution in [0.15, 0.2) is 31.1 Å². The quantitative estimate of drug-likeness (QED) is 0.288. The third kappa shape index (κ3) is 9.91. The Kier molecular flexibility index (Phi) is 10.3. The van der Waals surface area contributed by atoms with Crippen LogP contribution in [0, 0.1) is 0 Å². The van der Waals surface area contributed by atoms with Crippen LogP contribution in [0.4, 0.5) is 0 Å². The molecule has 3 rings (SSSR count). The molecule has 3 aromatic rings. The van der Waals surface area contributed by atoms with Gasteiger partial charge >= 0.3 is 0 Å². The van der Waals surface area contributed by atoms with Crippen molar-refractivity contribution >= 4 is 0 Å². The van der Waals surface area contributed by atoms with Gasteiger partial charge in [-0.25, -0.2) is 4.98 Å². The molecule has 0 saturated carbocycles. The minimum Gasteiger partial charge on any atom is -0.329 e. The van der Waals surface area contributed by atoms with Crippen LogP contribution in [0.25, 0.3) is 0 Å². The molecular formula is C32H59N7. The lowest BCUT2D eigenvalue weighted by Crippen LogP contribution is -2.29. The van der Waals surface area contributed by atoms with Crippen LogP contribution in [-0.2, 0) is 32.9 Å². The normalized spacial score (nSPS) is 13.4. The number of aromatic nitrogens is 7. The largest absolute Gasteiger partial charge is 0.329 e. The third-order valence-electron chi connectivity index (χ3n) is 6.12. The van der Waals surface area contributed by atoms with Gasteiger partial charge in [-0.3, -0.25) is 4.68 Å². The molecule has 0 aliphatic rings. The zero-order valence-corrected chi connectivity index (χ0v) is 28.5. The van der Waals surface area contributed by atoms with Crippen LogP contribution in [0.1, 0.15) is 142 Å². The summed E-state index contributed by atoms with van der Waals surface area (Å²) in [5.74, 6) is 1.04. The van der Waals surface area contributed by atoms with E-state index in [9.17, 15) is 0 Å². The predicted molar refractivity (Wildman–Crippen MR) is 166 cm³/mol. The smallest absolute Gasteiger partial charge is 0.138 e. The van der Waals surface area contributed by atoms with Crippen molar-refractivity contribution in [3.05, 3.63) is 48.3 Å². The van der Waals surface area contributed by atoms with Crippen LogP contribution in [0.5, 0.6) is 0 Å². The summed E-state index contributed by atoms with van der Waals surface area (Å²) in [6.45, 7) is 39.3. The molecule has 3 heterocycles. The molecule has 0 saturated heterocycles. The fourth-order valence-electron chi connectivity index (χ4n) is 4.03. The molecule has 0 spiro atoms. The summed E-state index contributed by atoms with van der Waals surface area (Å²) in [4.78, 5) is 4.22. The molecule has 7 heteroatoms. The van der Waals surface area contributed by atoms with Gasteiger partial charge in [-0.15, -0.1) is 10.2 Å². The molecule has 39 heavy (non-hydrogen) atoms. The molecular weight excluding hydrogens is 482 g/mol. The second-order valence-corrected chi connectivity index (χ2v) is 16.6. The number of nitrogens with zero attached hydrogens (tertiary/aromatic N) is 7. The van der Waals surface area contributed by atoms with Crippen LogP contribution in [-0.4, -0.2) is 34.1 Å². The van der Waals surface area contributed by atoms with Gasteiger partial charge in [-0.1, -0.05) is 62.3 Å². The van der Waals surface area contributed by atoms with Crippen LogP contribution in [0.2, 0.25) is 0 Å². The SMILES string of the molecule is CC(C)(C)c1ccnn1C(C)(C)C.CC(C)(C)c1cncn1C(C)(C)C.CC(C)(C)c1nncn1C(C)(C)C. The first kappa shape index (κ1) is 34.6. The average Bonchev–Trinajstić information content (AvgIpc) is 3.45. The van der Waals surface area contributed by atoms with Crippen molar-refractivity contribution in [2.24, 2.45) is 0 Å². The van der Waals surface area contributed by atoms with Gasteiger partial charge in [0.1, 0.15) is 12.2 Å². The molecule has 0 fully saturated rings. The number of imidazole rings is 1. The molecule has 0 aliphatic heterocycles. The van der Waals surface area contributed by atoms with Crippen LogP contribution < -0.4 is 0 Å². The Morgan fingerprint density at radius 2 is 1.03 bits per heavy atom. The summed E-state index contributed by atoms with van der Waals surface area (Å²) < 4.78 is 6.48. The maximum atomic E-state index is 4.37. The summed E-state index contributed by atoms with van der Waals surface area (Å²) in [5.41, 5.74) is 3.24. The van der Waals surface area contributed by atoms with Gasteiger partial charge in [-0.2, -0.15) is 5.10 Å². The molecule has 222 valence electrons. The molecule has 0 amide bonds. The monoisotopic (exact) mass is 541 g/mol. The predicted octanol–water partition coefficient (Wildman–Crippen LogP) is 8.20. The van der Waals surface area contributed by atoms with E-state index in [1.807, 2.05) is 18.7 Å². The van der Waals surface area contributed by atoms with E-state index in [1.165, 1.54) is 11.4 Å². The lowest BCUT2D eigenvalue weighted by Gasteiger charge is -2.29. The van der Waals surface area contributed by atoms with Crippen LogP contribution in [0.3, 0.4) is 0 Å². The minimum absolute atomic E-state index is 0.0593. The maximum Gasteiger partial charge on any atom is 0.138 e. The summed E-state index contributed by atoms with van der Waals surface area (Å²) in [6, 6.07) is 2.10. The second kappa shape index (κ2) is 11.6. The minimum atomic E-state index is 0.0593. The number of hydrogen-bond acceptors (Lipinski definition) is 4. The third-order valence-corrected chi connectivity index (χ3v) is 6.12. The first-order valence-electron chi connectivity index (χ1n) is 14.2. The van der Waals surface area contributed by atoms with E-state index in [2.05, 4.69) is 165 Å². The Hall–Kier alpha value is -2.44. The van der Waals surface area contributed by atoms with Gasteiger partial charge in [0.15, 0.2) is 0 Å². The summed E-state index contributed by atoms with van der Waals surface area (Å²) in [5, 5.41) is 12.5. The molecule has 3 aromatic heterocycles. The van der Waals surface area contributed by atoms with Crippen molar-refractivity contribution in [3.8, 4) is 0 Å². The van der Waals surface area contributed by atoms with Gasteiger partial charge < -0.3 is 9.13 Å². The summed E-state index contributed by atoms with van der Waals surface area (Å²) in [7, 11) is 0. The van der Waals surface area contributed by atoms with E-state index in [4.69, 9.17) is 0 Å². The van der Waals surface area contributed by atoms with E-state index >= 15 is 0 Å². The first-order valence-corrected chi connectivity index (χ1v) is 14.2. The van der Waals surface area contributed by atoms with Gasteiger partial charge in [0.05, 0.1) is 11.9 Å². The molecule has 0 aliphatic carbocycles. The highest BCUT2D eigenvalue weighted by molar-refractivity contribution is 5.14. The Balaban J connectivity index is 0.000000292. The van der Waals surface area contributed by atoms with Crippen molar-refractivity contribution in [1.82, 2.24) is 34.1 Å². The van der Waals surface area contributed by atoms with Crippen molar-refractivity contribution < 1.29 is 0 Å². The van der Waals surface area contributed by atoms with Crippen molar-refractivity contribution in [3.63, 3.8) is 0 Å². The topological polar surface area (TPSA) is 66.3 Å². The van der Waals surface area contributed by atoms with E-state index in [1.54, 1.807) is 6.33 Å². The summed E-state index contributed by atoms with van der Waals surface area (Å²) >= 11 is 0. The Morgan fingerprint density at radius 1 is 0.538 bits per heavy atom. The van der Waals surface area contributed by atoms with Crippen molar-refractivity contribution in [2.45, 2.75) is 157 Å². The molecule has 0 radical (unpaired) electrons. The fourth-order valence-corrected chi connectivity index (χ4v) is 4.03. The van der Waals surface area contributed by atoms with Gasteiger partial charge in [0, 0.05) is 51.1 Å². The standard InChI is InChI=1S/2C11H20N2.C10H19N3/c1-10(2,3)9-7-12-8-13(9)11(4,5)6;1-10(2,3)9-7-8-12-13(9)11(4,5)6;1-9(2,3)8-12-11-7-13(8)10(4,5)6/h2*7-8H,1-6H3;7H,1-6H3. The fraction of sp³-hybridized carbons (Fsp3) is 0.750. The zero-order chi connectivity index (χ0) is 30.8. The van der Waals surface area contributed by atoms with E-state index in [-0.39, 0.29) is 32.9 Å². The van der Waals surface area contributed by atoms with E-state index in [0.29, 0.717) is 0 Å². The summed E-state index contributed by atoms with van der Waals surface area (Å²) in [6.07, 6.45) is 7.57. The highest BCUT2D eigenvalue weighted by atomic mass is 15.3. The van der Waals surface area contributed by atoms with Gasteiger partial charge in [0.2, 0.25) is 0 Å². The lowest BCUT2D eigenvalue weighted by molar-refractivity contribution is 0.322. The molecule has 0 atom stereocenters. The van der Waals surface area contributed by atoms with Gasteiger partial charge in [-0.05, 0) is 68.4 Å². The molecule has 0 N–H and O–H groups in total. The Morgan fingerprint density at radius 3 is 1.33 bits per heavy atom. The lowest BCUT2D eigenvalue weighted by atomic mass is 9.91. The van der Waals surface area contributed by atoms with E-state index in [0.717, 1.165) is 5.82 Å². The van der Waals surface area contributed by atoms with Crippen LogP contribution >= 0.6 is 0 Å². The number of rotatable bonds is 0. The Labute approximate surface area is 239 Å². The van der Waals surface area contributed by atoms with Gasteiger partial charge in [0.25, 0.3) is 0 Å². The van der Waals surface area contributed by atoms with E-state index < -0.39 is 0 Å². The van der Waals surface area contributed by atoms with Crippen molar-refractivity contribution in [1.29, 1.82) is 0 Å². The van der Waals surface area contributed by atoms with Crippen molar-refractivity contribution in [2.75, 3.05) is 0 Å². The molecule has 0 aromatic carbocycles. The number of hydrogen-bond donors (Lipinski definition) is 0. The molecule has 7 nitrogen and oxygen atoms in total. The second-order valence-electron chi connectivity index (χ2n) is 16.6.